The molecule has 1 aromatic carbocycles. The molecule has 0 spiro atoms. The third-order valence-electron chi connectivity index (χ3n) is 10.1. The summed E-state index contributed by atoms with van der Waals surface area (Å²) in [5, 5.41) is 8.95. The smallest absolute Gasteiger partial charge is 0.265 e. The predicted octanol–water partition coefficient (Wildman–Crippen LogP) is 4.63. The molecule has 4 aliphatic heterocycles. The van der Waals surface area contributed by atoms with Crippen LogP contribution >= 0.6 is 73.1 Å². The molecule has 4 aliphatic rings. The average molecular weight is 1020 g/mol. The standard InChI is InChI=1S/C21H20FN3O5S.C16H12BrCl2N3O5S3/c1-30-18-11(3-2-4-14(18)22)8-17(27)23-9-13-7-12-10-25(21(29)19(12)31-13)15-5-6-16(26)24-20(15)28;17-11-12(14(19)29-13(11)18)30(26,27)20-3-9-6-4-22(16(25)7(6)5-28-9)8-1-2-10(23)21-15(8)24/h2-4,7,15H,5-6,8-10H2,1H3,(H,23,27)(H,24,26,28);5,8,20H,1-4H2,(H,21,23,24). The van der Waals surface area contributed by atoms with Crippen LogP contribution < -0.4 is 25.4 Å². The minimum Gasteiger partial charge on any atom is -0.493 e. The monoisotopic (exact) mass is 1020 g/mol. The molecule has 4 N–H and O–H groups in total. The van der Waals surface area contributed by atoms with Gasteiger partial charge in [0.1, 0.15) is 25.7 Å². The molecule has 8 rings (SSSR count). The quantitative estimate of drug-likeness (QED) is 0.153. The van der Waals surface area contributed by atoms with Crippen molar-refractivity contribution in [3.05, 3.63) is 85.5 Å². The Morgan fingerprint density at radius 3 is 2.20 bits per heavy atom. The lowest BCUT2D eigenvalue weighted by Crippen LogP contribution is -2.52. The van der Waals surface area contributed by atoms with Crippen molar-refractivity contribution in [2.45, 2.75) is 75.3 Å². The van der Waals surface area contributed by atoms with E-state index in [1.54, 1.807) is 11.4 Å². The fourth-order valence-corrected chi connectivity index (χ4v) is 13.9. The lowest BCUT2D eigenvalue weighted by molar-refractivity contribution is -0.138. The van der Waals surface area contributed by atoms with Crippen molar-refractivity contribution in [3.63, 3.8) is 0 Å². The number of hydrogen-bond donors (Lipinski definition) is 4. The zero-order chi connectivity index (χ0) is 43.9. The number of para-hydroxylation sites is 1. The molecule has 16 nitrogen and oxygen atoms in total. The Kier molecular flexibility index (Phi) is 13.4. The molecular weight excluding hydrogens is 987 g/mol. The molecule has 0 bridgehead atoms. The van der Waals surface area contributed by atoms with Gasteiger partial charge < -0.3 is 19.9 Å². The SMILES string of the molecule is COc1c(F)cccc1CC(=O)NCc1cc2c(s1)C(=O)N(C1CCC(=O)NC1=O)C2.O=C1CCC(N2Cc3c(csc3CNS(=O)(=O)c3c(Cl)sc(Cl)c3Br)C2=O)C(=O)N1. The molecule has 7 heterocycles. The number of fused-ring (bicyclic) bond motifs is 2. The number of imide groups is 2. The number of piperidine rings is 2. The summed E-state index contributed by atoms with van der Waals surface area (Å²) in [7, 11) is -2.60. The second kappa shape index (κ2) is 18.2. The van der Waals surface area contributed by atoms with Gasteiger partial charge >= 0.3 is 0 Å². The van der Waals surface area contributed by atoms with Crippen LogP contribution in [0.25, 0.3) is 0 Å². The fraction of sp³-hybridized carbons (Fsp3) is 0.324. The average Bonchev–Trinajstić information content (AvgIpc) is 4.00. The maximum Gasteiger partial charge on any atom is 0.265 e. The van der Waals surface area contributed by atoms with Crippen LogP contribution in [0, 0.1) is 5.82 Å². The molecule has 0 saturated carbocycles. The van der Waals surface area contributed by atoms with E-state index in [0.717, 1.165) is 21.8 Å². The number of nitrogens with zero attached hydrogens (tertiary/aromatic N) is 2. The van der Waals surface area contributed by atoms with Gasteiger partial charge in [-0.25, -0.2) is 17.5 Å². The minimum atomic E-state index is -3.95. The van der Waals surface area contributed by atoms with Crippen molar-refractivity contribution < 1.29 is 51.1 Å². The summed E-state index contributed by atoms with van der Waals surface area (Å²) in [4.78, 5) is 89.5. The molecule has 4 aromatic rings. The molecule has 24 heteroatoms. The van der Waals surface area contributed by atoms with E-state index in [1.165, 1.54) is 51.7 Å². The number of carbonyl (C=O) groups is 7. The second-order valence-corrected chi connectivity index (χ2v) is 20.7. The number of halogens is 4. The summed E-state index contributed by atoms with van der Waals surface area (Å²) in [5.41, 5.74) is 2.36. The van der Waals surface area contributed by atoms with Gasteiger partial charge in [0.2, 0.25) is 39.6 Å². The predicted molar refractivity (Wildman–Crippen MR) is 225 cm³/mol. The highest BCUT2D eigenvalue weighted by Crippen LogP contribution is 2.43. The van der Waals surface area contributed by atoms with Gasteiger partial charge in [0.05, 0.1) is 35.0 Å². The molecule has 2 saturated heterocycles. The van der Waals surface area contributed by atoms with E-state index in [9.17, 15) is 46.4 Å². The number of hydrogen-bond acceptors (Lipinski definition) is 13. The van der Waals surface area contributed by atoms with Crippen molar-refractivity contribution in [1.82, 2.24) is 30.5 Å². The summed E-state index contributed by atoms with van der Waals surface area (Å²) in [6.45, 7) is 0.663. The Hall–Kier alpha value is -4.29. The molecule has 61 heavy (non-hydrogen) atoms. The minimum absolute atomic E-state index is 0.0335. The van der Waals surface area contributed by atoms with Crippen LogP contribution in [0.1, 0.15) is 72.2 Å². The third kappa shape index (κ3) is 9.26. The third-order valence-corrected chi connectivity index (χ3v) is 17.2. The number of nitrogens with one attached hydrogen (secondary N) is 4. The van der Waals surface area contributed by atoms with Crippen LogP contribution in [0.2, 0.25) is 8.67 Å². The number of carbonyl (C=O) groups excluding carboxylic acids is 7. The first-order chi connectivity index (χ1) is 29.0. The zero-order valence-corrected chi connectivity index (χ0v) is 37.9. The first kappa shape index (κ1) is 44.8. The largest absolute Gasteiger partial charge is 0.493 e. The molecule has 2 atom stereocenters. The highest BCUT2D eigenvalue weighted by Gasteiger charge is 2.42. The summed E-state index contributed by atoms with van der Waals surface area (Å²) in [5.74, 6) is -2.94. The Labute approximate surface area is 377 Å². The zero-order valence-electron chi connectivity index (χ0n) is 31.5. The van der Waals surface area contributed by atoms with E-state index in [0.29, 0.717) is 39.4 Å². The first-order valence-corrected chi connectivity index (χ1v) is 23.7. The molecular formula is C37H32BrCl2FN6O10S4. The van der Waals surface area contributed by atoms with Crippen LogP contribution in [-0.2, 0) is 66.6 Å². The van der Waals surface area contributed by atoms with Crippen LogP contribution in [0.3, 0.4) is 0 Å². The maximum atomic E-state index is 13.8. The number of methoxy groups -OCH3 is 1. The van der Waals surface area contributed by atoms with Crippen LogP contribution in [0.4, 0.5) is 4.39 Å². The van der Waals surface area contributed by atoms with Gasteiger partial charge in [0.15, 0.2) is 11.6 Å². The molecule has 2 unspecified atom stereocenters. The highest BCUT2D eigenvalue weighted by molar-refractivity contribution is 9.10. The van der Waals surface area contributed by atoms with Crippen molar-refractivity contribution >= 4 is 125 Å². The number of thiophene rings is 3. The molecule has 322 valence electrons. The molecule has 0 aliphatic carbocycles. The maximum absolute atomic E-state index is 13.8. The molecule has 0 radical (unpaired) electrons. The Morgan fingerprint density at radius 2 is 1.61 bits per heavy atom. The van der Waals surface area contributed by atoms with Gasteiger partial charge in [-0.2, -0.15) is 0 Å². The number of amides is 7. The van der Waals surface area contributed by atoms with Gasteiger partial charge in [0.25, 0.3) is 11.8 Å². The summed E-state index contributed by atoms with van der Waals surface area (Å²) >= 11 is 18.6. The Balaban J connectivity index is 0.000000184. The van der Waals surface area contributed by atoms with Crippen LogP contribution in [-0.4, -0.2) is 78.8 Å². The van der Waals surface area contributed by atoms with E-state index in [2.05, 4.69) is 36.6 Å². The van der Waals surface area contributed by atoms with Gasteiger partial charge in [-0.15, -0.1) is 34.0 Å². The van der Waals surface area contributed by atoms with Crippen LogP contribution in [0.5, 0.6) is 5.75 Å². The lowest BCUT2D eigenvalue weighted by atomic mass is 10.0. The Bertz CT molecular complexity index is 2640. The normalized spacial score (nSPS) is 18.7. The van der Waals surface area contributed by atoms with Gasteiger partial charge in [-0.1, -0.05) is 35.3 Å². The number of rotatable bonds is 11. The van der Waals surface area contributed by atoms with Gasteiger partial charge in [-0.05, 0) is 52.0 Å². The van der Waals surface area contributed by atoms with Crippen molar-refractivity contribution in [2.24, 2.45) is 0 Å². The first-order valence-electron chi connectivity index (χ1n) is 18.2. The van der Waals surface area contributed by atoms with Crippen molar-refractivity contribution in [1.29, 1.82) is 0 Å². The topological polar surface area (TPSA) is 217 Å². The van der Waals surface area contributed by atoms with E-state index in [-0.39, 0.29) is 98.6 Å². The summed E-state index contributed by atoms with van der Waals surface area (Å²) in [6, 6.07) is 4.89. The fourth-order valence-electron chi connectivity index (χ4n) is 7.18. The number of sulfonamides is 1. The van der Waals surface area contributed by atoms with Crippen molar-refractivity contribution in [3.8, 4) is 5.75 Å². The number of ether oxygens (including phenoxy) is 1. The van der Waals surface area contributed by atoms with E-state index < -0.39 is 39.7 Å². The Morgan fingerprint density at radius 1 is 0.951 bits per heavy atom. The lowest BCUT2D eigenvalue weighted by Gasteiger charge is -2.29. The van der Waals surface area contributed by atoms with Crippen molar-refractivity contribution in [2.75, 3.05) is 7.11 Å². The molecule has 7 amide bonds. The summed E-state index contributed by atoms with van der Waals surface area (Å²) < 4.78 is 47.1. The van der Waals surface area contributed by atoms with Gasteiger partial charge in [0, 0.05) is 53.2 Å². The number of benzene rings is 1. The van der Waals surface area contributed by atoms with E-state index >= 15 is 0 Å². The van der Waals surface area contributed by atoms with Crippen LogP contribution in [0.15, 0.2) is 39.0 Å². The second-order valence-electron chi connectivity index (χ2n) is 13.9. The highest BCUT2D eigenvalue weighted by atomic mass is 79.9. The van der Waals surface area contributed by atoms with E-state index in [1.807, 2.05) is 6.07 Å². The van der Waals surface area contributed by atoms with E-state index in [4.69, 9.17) is 27.9 Å². The summed E-state index contributed by atoms with van der Waals surface area (Å²) in [6.07, 6.45) is 0.920. The molecule has 2 fully saturated rings. The molecule has 3 aromatic heterocycles. The van der Waals surface area contributed by atoms with Gasteiger partial charge in [-0.3, -0.25) is 44.2 Å².